The van der Waals surface area contributed by atoms with Crippen molar-refractivity contribution >= 4 is 23.3 Å². The molecule has 1 atom stereocenters. The summed E-state index contributed by atoms with van der Waals surface area (Å²) in [6, 6.07) is 11.4. The predicted molar refractivity (Wildman–Crippen MR) is 105 cm³/mol. The number of hydrogen-bond donors (Lipinski definition) is 1. The summed E-state index contributed by atoms with van der Waals surface area (Å²) < 4.78 is 0. The van der Waals surface area contributed by atoms with Gasteiger partial charge in [0.05, 0.1) is 0 Å². The Labute approximate surface area is 160 Å². The first-order valence-corrected chi connectivity index (χ1v) is 9.48. The molecule has 2 aromatic rings. The number of anilines is 1. The topological polar surface area (TPSA) is 48.5 Å². The van der Waals surface area contributed by atoms with E-state index in [1.807, 2.05) is 29.2 Å². The standard InChI is InChI=1S/C20H25ClN4O/c1-2-24-12-4-7-19(24)15-25(14-16-8-10-22-11-9-16)20(26)23-18-6-3-5-17(21)13-18/h3,5-6,8-11,13,19H,2,4,7,12,14-15H2,1H3,(H,23,26)/t19-/m0/s1. The molecule has 138 valence electrons. The molecule has 2 amide bonds. The summed E-state index contributed by atoms with van der Waals surface area (Å²) in [6.45, 7) is 5.58. The van der Waals surface area contributed by atoms with Gasteiger partial charge in [0.2, 0.25) is 0 Å². The average molecular weight is 373 g/mol. The fourth-order valence-electron chi connectivity index (χ4n) is 3.47. The molecule has 1 fully saturated rings. The molecule has 5 nitrogen and oxygen atoms in total. The first-order chi connectivity index (χ1) is 12.7. The van der Waals surface area contributed by atoms with Gasteiger partial charge >= 0.3 is 6.03 Å². The van der Waals surface area contributed by atoms with Crippen molar-refractivity contribution in [2.45, 2.75) is 32.4 Å². The Morgan fingerprint density at radius 2 is 2.15 bits per heavy atom. The number of halogens is 1. The summed E-state index contributed by atoms with van der Waals surface area (Å²) in [5.74, 6) is 0. The zero-order chi connectivity index (χ0) is 18.4. The van der Waals surface area contributed by atoms with Crippen LogP contribution in [0.4, 0.5) is 10.5 Å². The van der Waals surface area contributed by atoms with E-state index in [2.05, 4.69) is 22.1 Å². The molecule has 3 rings (SSSR count). The zero-order valence-corrected chi connectivity index (χ0v) is 15.8. The van der Waals surface area contributed by atoms with Crippen molar-refractivity contribution < 1.29 is 4.79 Å². The van der Waals surface area contributed by atoms with Gasteiger partial charge in [-0.2, -0.15) is 0 Å². The fraction of sp³-hybridized carbons (Fsp3) is 0.400. The molecule has 1 saturated heterocycles. The highest BCUT2D eigenvalue weighted by atomic mass is 35.5. The van der Waals surface area contributed by atoms with E-state index in [0.29, 0.717) is 29.8 Å². The Kier molecular flexibility index (Phi) is 6.47. The number of nitrogens with zero attached hydrogens (tertiary/aromatic N) is 3. The highest BCUT2D eigenvalue weighted by molar-refractivity contribution is 6.30. The van der Waals surface area contributed by atoms with Crippen LogP contribution in [0, 0.1) is 0 Å². The molecule has 1 N–H and O–H groups in total. The quantitative estimate of drug-likeness (QED) is 0.824. The lowest BCUT2D eigenvalue weighted by Gasteiger charge is -2.30. The van der Waals surface area contributed by atoms with Gasteiger partial charge in [0.25, 0.3) is 0 Å². The van der Waals surface area contributed by atoms with E-state index in [9.17, 15) is 4.79 Å². The Morgan fingerprint density at radius 1 is 1.35 bits per heavy atom. The van der Waals surface area contributed by atoms with Crippen LogP contribution in [0.2, 0.25) is 5.02 Å². The maximum Gasteiger partial charge on any atom is 0.322 e. The van der Waals surface area contributed by atoms with Gasteiger partial charge in [-0.25, -0.2) is 4.79 Å². The lowest BCUT2D eigenvalue weighted by Crippen LogP contribution is -2.44. The number of pyridine rings is 1. The second-order valence-electron chi connectivity index (χ2n) is 6.60. The molecule has 0 radical (unpaired) electrons. The van der Waals surface area contributed by atoms with Gasteiger partial charge in [-0.3, -0.25) is 9.88 Å². The molecule has 1 aliphatic rings. The number of likely N-dealkylation sites (N-methyl/N-ethyl adjacent to an activating group) is 1. The Balaban J connectivity index is 1.73. The van der Waals surface area contributed by atoms with Crippen molar-refractivity contribution in [2.75, 3.05) is 25.0 Å². The van der Waals surface area contributed by atoms with Gasteiger partial charge in [-0.1, -0.05) is 24.6 Å². The Morgan fingerprint density at radius 3 is 2.88 bits per heavy atom. The van der Waals surface area contributed by atoms with Crippen LogP contribution in [0.15, 0.2) is 48.8 Å². The van der Waals surface area contributed by atoms with E-state index < -0.39 is 0 Å². The van der Waals surface area contributed by atoms with E-state index in [1.54, 1.807) is 24.5 Å². The third kappa shape index (κ3) is 4.96. The average Bonchev–Trinajstić information content (AvgIpc) is 3.09. The van der Waals surface area contributed by atoms with Gasteiger partial charge < -0.3 is 10.2 Å². The van der Waals surface area contributed by atoms with Crippen LogP contribution in [0.3, 0.4) is 0 Å². The Bertz CT molecular complexity index is 725. The van der Waals surface area contributed by atoms with E-state index in [1.165, 1.54) is 6.42 Å². The molecule has 0 spiro atoms. The van der Waals surface area contributed by atoms with E-state index in [-0.39, 0.29) is 6.03 Å². The predicted octanol–water partition coefficient (Wildman–Crippen LogP) is 4.25. The Hall–Kier alpha value is -2.11. The lowest BCUT2D eigenvalue weighted by atomic mass is 10.2. The number of urea groups is 1. The summed E-state index contributed by atoms with van der Waals surface area (Å²) in [5, 5.41) is 3.59. The van der Waals surface area contributed by atoms with Crippen LogP contribution in [-0.2, 0) is 6.54 Å². The molecule has 0 saturated carbocycles. The molecule has 0 aliphatic carbocycles. The molecule has 0 bridgehead atoms. The first-order valence-electron chi connectivity index (χ1n) is 9.10. The van der Waals surface area contributed by atoms with E-state index in [0.717, 1.165) is 25.1 Å². The fourth-order valence-corrected chi connectivity index (χ4v) is 3.66. The number of nitrogens with one attached hydrogen (secondary N) is 1. The van der Waals surface area contributed by atoms with Crippen LogP contribution in [0.5, 0.6) is 0 Å². The summed E-state index contributed by atoms with van der Waals surface area (Å²) in [4.78, 5) is 21.3. The van der Waals surface area contributed by atoms with E-state index in [4.69, 9.17) is 11.6 Å². The number of benzene rings is 1. The van der Waals surface area contributed by atoms with Crippen molar-refractivity contribution in [3.05, 3.63) is 59.4 Å². The second-order valence-corrected chi connectivity index (χ2v) is 7.04. The normalized spacial score (nSPS) is 17.2. The van der Waals surface area contributed by atoms with Crippen molar-refractivity contribution in [1.82, 2.24) is 14.8 Å². The summed E-state index contributed by atoms with van der Waals surface area (Å²) in [5.41, 5.74) is 1.78. The number of hydrogen-bond acceptors (Lipinski definition) is 3. The van der Waals surface area contributed by atoms with Crippen LogP contribution in [-0.4, -0.2) is 46.5 Å². The van der Waals surface area contributed by atoms with Crippen LogP contribution in [0.25, 0.3) is 0 Å². The number of carbonyl (C=O) groups excluding carboxylic acids is 1. The molecule has 26 heavy (non-hydrogen) atoms. The largest absolute Gasteiger partial charge is 0.322 e. The summed E-state index contributed by atoms with van der Waals surface area (Å²) >= 11 is 6.03. The van der Waals surface area contributed by atoms with Crippen LogP contribution >= 0.6 is 11.6 Å². The number of rotatable bonds is 6. The van der Waals surface area contributed by atoms with Crippen molar-refractivity contribution in [2.24, 2.45) is 0 Å². The third-order valence-electron chi connectivity index (χ3n) is 4.82. The van der Waals surface area contributed by atoms with E-state index >= 15 is 0 Å². The van der Waals surface area contributed by atoms with Crippen molar-refractivity contribution in [3.8, 4) is 0 Å². The smallest absolute Gasteiger partial charge is 0.319 e. The first kappa shape index (κ1) is 18.7. The van der Waals surface area contributed by atoms with Crippen molar-refractivity contribution in [3.63, 3.8) is 0 Å². The molecule has 0 unspecified atom stereocenters. The highest BCUT2D eigenvalue weighted by Crippen LogP contribution is 2.20. The monoisotopic (exact) mass is 372 g/mol. The van der Waals surface area contributed by atoms with Crippen LogP contribution in [0.1, 0.15) is 25.3 Å². The maximum absolute atomic E-state index is 12.9. The minimum Gasteiger partial charge on any atom is -0.319 e. The number of likely N-dealkylation sites (tertiary alicyclic amines) is 1. The molecule has 6 heteroatoms. The highest BCUT2D eigenvalue weighted by Gasteiger charge is 2.27. The van der Waals surface area contributed by atoms with Gasteiger partial charge in [0, 0.05) is 42.2 Å². The minimum absolute atomic E-state index is 0.105. The van der Waals surface area contributed by atoms with Gasteiger partial charge in [0.15, 0.2) is 0 Å². The maximum atomic E-state index is 12.9. The molecular weight excluding hydrogens is 348 g/mol. The van der Waals surface area contributed by atoms with Crippen molar-refractivity contribution in [1.29, 1.82) is 0 Å². The molecule has 2 heterocycles. The SMILES string of the molecule is CCN1CCC[C@H]1CN(Cc1ccncc1)C(=O)Nc1cccc(Cl)c1. The number of carbonyl (C=O) groups is 1. The molecule has 1 aliphatic heterocycles. The molecule has 1 aromatic carbocycles. The zero-order valence-electron chi connectivity index (χ0n) is 15.1. The van der Waals surface area contributed by atoms with Gasteiger partial charge in [-0.05, 0) is 61.8 Å². The number of aromatic nitrogens is 1. The molecule has 1 aromatic heterocycles. The summed E-state index contributed by atoms with van der Waals surface area (Å²) in [7, 11) is 0. The number of amides is 2. The summed E-state index contributed by atoms with van der Waals surface area (Å²) in [6.07, 6.45) is 5.84. The van der Waals surface area contributed by atoms with Gasteiger partial charge in [0.1, 0.15) is 0 Å². The molecular formula is C20H25ClN4O. The van der Waals surface area contributed by atoms with Crippen LogP contribution < -0.4 is 5.32 Å². The van der Waals surface area contributed by atoms with Gasteiger partial charge in [-0.15, -0.1) is 0 Å². The third-order valence-corrected chi connectivity index (χ3v) is 5.06. The second kappa shape index (κ2) is 9.01. The lowest BCUT2D eigenvalue weighted by molar-refractivity contribution is 0.175. The minimum atomic E-state index is -0.105.